The molecule has 0 saturated carbocycles. The minimum atomic E-state index is -0.992. The van der Waals surface area contributed by atoms with Crippen LogP contribution in [0.4, 0.5) is 5.69 Å². The van der Waals surface area contributed by atoms with Gasteiger partial charge < -0.3 is 15.4 Å². The van der Waals surface area contributed by atoms with Gasteiger partial charge in [0.1, 0.15) is 5.69 Å². The fourth-order valence-corrected chi connectivity index (χ4v) is 2.88. The third kappa shape index (κ3) is 2.11. The first-order valence-corrected chi connectivity index (χ1v) is 7.10. The van der Waals surface area contributed by atoms with E-state index in [0.717, 1.165) is 16.8 Å². The topological polar surface area (TPSA) is 82.2 Å². The van der Waals surface area contributed by atoms with E-state index in [0.29, 0.717) is 23.3 Å². The van der Waals surface area contributed by atoms with Gasteiger partial charge in [-0.25, -0.2) is 4.79 Å². The molecule has 0 fully saturated rings. The number of carbonyl (C=O) groups is 2. The van der Waals surface area contributed by atoms with E-state index in [1.165, 1.54) is 0 Å². The molecule has 0 spiro atoms. The molecular formula is C17H16N2O3. The minimum Gasteiger partial charge on any atom is -0.477 e. The maximum atomic E-state index is 12.2. The summed E-state index contributed by atoms with van der Waals surface area (Å²) < 4.78 is 0. The van der Waals surface area contributed by atoms with Gasteiger partial charge in [-0.15, -0.1) is 0 Å². The highest BCUT2D eigenvalue weighted by molar-refractivity contribution is 6.34. The number of fused-ring (bicyclic) bond motifs is 1. The summed E-state index contributed by atoms with van der Waals surface area (Å²) in [5.41, 5.74) is 4.64. The van der Waals surface area contributed by atoms with Crippen LogP contribution >= 0.6 is 0 Å². The smallest absolute Gasteiger partial charge is 0.352 e. The first-order valence-electron chi connectivity index (χ1n) is 7.10. The molecule has 112 valence electrons. The van der Waals surface area contributed by atoms with Gasteiger partial charge in [0, 0.05) is 16.9 Å². The van der Waals surface area contributed by atoms with Gasteiger partial charge >= 0.3 is 5.97 Å². The Morgan fingerprint density at radius 1 is 1.32 bits per heavy atom. The number of carboxylic acid groups (broad SMARTS) is 1. The number of aromatic carboxylic acids is 1. The predicted molar refractivity (Wildman–Crippen MR) is 84.8 cm³/mol. The van der Waals surface area contributed by atoms with E-state index in [9.17, 15) is 14.7 Å². The fourth-order valence-electron chi connectivity index (χ4n) is 2.88. The van der Waals surface area contributed by atoms with Crippen molar-refractivity contribution in [2.75, 3.05) is 5.32 Å². The van der Waals surface area contributed by atoms with E-state index in [-0.39, 0.29) is 11.6 Å². The number of rotatable bonds is 3. The molecule has 3 rings (SSSR count). The van der Waals surface area contributed by atoms with Gasteiger partial charge in [-0.05, 0) is 36.6 Å². The summed E-state index contributed by atoms with van der Waals surface area (Å²) >= 11 is 0. The van der Waals surface area contributed by atoms with Crippen LogP contribution in [-0.2, 0) is 11.2 Å². The summed E-state index contributed by atoms with van der Waals surface area (Å²) in [5.74, 6) is -1.17. The number of hydrogen-bond donors (Lipinski definition) is 3. The van der Waals surface area contributed by atoms with Crippen molar-refractivity contribution in [2.24, 2.45) is 0 Å². The molecule has 1 aliphatic rings. The van der Waals surface area contributed by atoms with Crippen molar-refractivity contribution in [1.82, 2.24) is 4.98 Å². The number of amides is 1. The van der Waals surface area contributed by atoms with Gasteiger partial charge in [0.05, 0.1) is 5.57 Å². The number of benzene rings is 1. The number of carbonyl (C=O) groups excluding carboxylic acids is 1. The number of hydrogen-bond acceptors (Lipinski definition) is 2. The number of nitrogens with one attached hydrogen (secondary N) is 2. The van der Waals surface area contributed by atoms with Gasteiger partial charge in [0.15, 0.2) is 0 Å². The van der Waals surface area contributed by atoms with Crippen LogP contribution in [0.25, 0.3) is 11.6 Å². The molecule has 5 nitrogen and oxygen atoms in total. The highest BCUT2D eigenvalue weighted by Crippen LogP contribution is 2.33. The van der Waals surface area contributed by atoms with Gasteiger partial charge in [-0.2, -0.15) is 0 Å². The number of carboxylic acids is 1. The lowest BCUT2D eigenvalue weighted by Crippen LogP contribution is -2.03. The van der Waals surface area contributed by atoms with Crippen molar-refractivity contribution in [2.45, 2.75) is 20.3 Å². The summed E-state index contributed by atoms with van der Waals surface area (Å²) in [7, 11) is 0. The molecule has 1 aromatic heterocycles. The third-order valence-electron chi connectivity index (χ3n) is 3.98. The minimum absolute atomic E-state index is 0.174. The lowest BCUT2D eigenvalue weighted by atomic mass is 10.0. The zero-order valence-electron chi connectivity index (χ0n) is 12.4. The summed E-state index contributed by atoms with van der Waals surface area (Å²) in [5, 5.41) is 12.1. The molecule has 2 heterocycles. The predicted octanol–water partition coefficient (Wildman–Crippen LogP) is 3.08. The Bertz CT molecular complexity index is 815. The van der Waals surface area contributed by atoms with Gasteiger partial charge in [-0.3, -0.25) is 4.79 Å². The zero-order valence-corrected chi connectivity index (χ0v) is 12.4. The molecule has 5 heteroatoms. The monoisotopic (exact) mass is 296 g/mol. The highest BCUT2D eigenvalue weighted by atomic mass is 16.4. The lowest BCUT2D eigenvalue weighted by Gasteiger charge is -2.00. The molecule has 2 aromatic rings. The van der Waals surface area contributed by atoms with E-state index in [1.807, 2.05) is 31.2 Å². The normalized spacial score (nSPS) is 15.0. The van der Waals surface area contributed by atoms with E-state index in [4.69, 9.17) is 0 Å². The fraction of sp³-hybridized carbons (Fsp3) is 0.176. The van der Waals surface area contributed by atoms with Crippen LogP contribution in [0.15, 0.2) is 24.3 Å². The molecule has 0 unspecified atom stereocenters. The van der Waals surface area contributed by atoms with Crippen molar-refractivity contribution < 1.29 is 14.7 Å². The van der Waals surface area contributed by atoms with Crippen LogP contribution < -0.4 is 5.32 Å². The Kier molecular flexibility index (Phi) is 3.33. The van der Waals surface area contributed by atoms with Crippen molar-refractivity contribution in [3.8, 4) is 0 Å². The van der Waals surface area contributed by atoms with Crippen LogP contribution in [0.2, 0.25) is 0 Å². The Hall–Kier alpha value is -2.82. The van der Waals surface area contributed by atoms with E-state index < -0.39 is 5.97 Å². The average Bonchev–Trinajstić information content (AvgIpc) is 2.97. The van der Waals surface area contributed by atoms with Gasteiger partial charge in [-0.1, -0.05) is 25.1 Å². The Morgan fingerprint density at radius 2 is 2.05 bits per heavy atom. The molecule has 3 N–H and O–H groups in total. The number of aromatic amines is 1. The van der Waals surface area contributed by atoms with E-state index >= 15 is 0 Å². The number of anilines is 1. The second kappa shape index (κ2) is 5.18. The first kappa shape index (κ1) is 14.1. The van der Waals surface area contributed by atoms with Crippen molar-refractivity contribution >= 4 is 29.2 Å². The second-order valence-electron chi connectivity index (χ2n) is 5.23. The quantitative estimate of drug-likeness (QED) is 0.761. The van der Waals surface area contributed by atoms with Crippen LogP contribution in [0.5, 0.6) is 0 Å². The van der Waals surface area contributed by atoms with Crippen molar-refractivity contribution in [3.63, 3.8) is 0 Å². The first-order chi connectivity index (χ1) is 10.5. The Labute approximate surface area is 127 Å². The maximum Gasteiger partial charge on any atom is 0.352 e. The van der Waals surface area contributed by atoms with Crippen molar-refractivity contribution in [3.05, 3.63) is 52.3 Å². The Morgan fingerprint density at radius 3 is 2.73 bits per heavy atom. The lowest BCUT2D eigenvalue weighted by molar-refractivity contribution is -0.110. The summed E-state index contributed by atoms with van der Waals surface area (Å²) in [4.78, 5) is 26.3. The molecule has 0 atom stereocenters. The molecule has 0 aliphatic carbocycles. The van der Waals surface area contributed by atoms with E-state index in [2.05, 4.69) is 10.3 Å². The summed E-state index contributed by atoms with van der Waals surface area (Å²) in [6.45, 7) is 3.75. The van der Waals surface area contributed by atoms with Crippen LogP contribution in [0.3, 0.4) is 0 Å². The second-order valence-corrected chi connectivity index (χ2v) is 5.23. The summed E-state index contributed by atoms with van der Waals surface area (Å²) in [6, 6.07) is 7.45. The zero-order chi connectivity index (χ0) is 15.9. The molecule has 1 aromatic carbocycles. The van der Waals surface area contributed by atoms with E-state index in [1.54, 1.807) is 13.0 Å². The van der Waals surface area contributed by atoms with Crippen LogP contribution in [0, 0.1) is 6.92 Å². The van der Waals surface area contributed by atoms with Gasteiger partial charge in [0.25, 0.3) is 5.91 Å². The Balaban J connectivity index is 2.15. The molecule has 0 saturated heterocycles. The molecule has 1 aliphatic heterocycles. The highest BCUT2D eigenvalue weighted by Gasteiger charge is 2.25. The molecule has 22 heavy (non-hydrogen) atoms. The average molecular weight is 296 g/mol. The molecule has 0 bridgehead atoms. The number of para-hydroxylation sites is 1. The number of H-pyrrole nitrogens is 1. The summed E-state index contributed by atoms with van der Waals surface area (Å²) in [6.07, 6.45) is 2.43. The largest absolute Gasteiger partial charge is 0.477 e. The molecule has 1 amide bonds. The van der Waals surface area contributed by atoms with Crippen molar-refractivity contribution in [1.29, 1.82) is 0 Å². The maximum absolute atomic E-state index is 12.2. The van der Waals surface area contributed by atoms with Crippen LogP contribution in [0.1, 0.15) is 39.8 Å². The number of aromatic nitrogens is 1. The molecule has 0 radical (unpaired) electrons. The third-order valence-corrected chi connectivity index (χ3v) is 3.98. The van der Waals surface area contributed by atoms with Gasteiger partial charge in [0.2, 0.25) is 0 Å². The van der Waals surface area contributed by atoms with Crippen LogP contribution in [-0.4, -0.2) is 22.0 Å². The standard InChI is InChI=1S/C17H16N2O3/c1-3-10-9(2)15(17(21)22)18-14(10)8-12-11-6-4-5-7-13(11)19-16(12)20/h4-8,18H,3H2,1-2H3,(H,19,20)(H,21,22)/b12-8-. The molecular weight excluding hydrogens is 280 g/mol. The SMILES string of the molecule is CCc1c(/C=C2\C(=O)Nc3ccccc32)[nH]c(C(=O)O)c1C.